The fourth-order valence-corrected chi connectivity index (χ4v) is 3.75. The number of nitrogens with one attached hydrogen (secondary N) is 2. The summed E-state index contributed by atoms with van der Waals surface area (Å²) in [5, 5.41) is 0. The second-order valence-corrected chi connectivity index (χ2v) is 7.71. The summed E-state index contributed by atoms with van der Waals surface area (Å²) in [7, 11) is 0. The number of alkyl halides is 3. The fraction of sp³-hybridized carbons (Fsp3) is 0.318. The summed E-state index contributed by atoms with van der Waals surface area (Å²) in [5.41, 5.74) is 6.72. The Balaban J connectivity index is 2.07. The van der Waals surface area contributed by atoms with Gasteiger partial charge < -0.3 is 0 Å². The number of rotatable bonds is 5. The van der Waals surface area contributed by atoms with Crippen molar-refractivity contribution in [1.82, 2.24) is 10.9 Å². The molecule has 2 N–H and O–H groups in total. The summed E-state index contributed by atoms with van der Waals surface area (Å²) in [5.74, 6) is -2.90. The Morgan fingerprint density at radius 1 is 1.06 bits per heavy atom. The van der Waals surface area contributed by atoms with Crippen LogP contribution in [0.5, 0.6) is 0 Å². The molecule has 164 valence electrons. The first-order valence-corrected chi connectivity index (χ1v) is 9.60. The van der Waals surface area contributed by atoms with E-state index >= 15 is 0 Å². The van der Waals surface area contributed by atoms with Crippen molar-refractivity contribution in [2.45, 2.75) is 45.8 Å². The molecule has 0 fully saturated rings. The lowest BCUT2D eigenvalue weighted by Crippen LogP contribution is -2.49. The van der Waals surface area contributed by atoms with Crippen molar-refractivity contribution in [2.75, 3.05) is 4.90 Å². The molecule has 0 aliphatic carbocycles. The molecule has 3 rings (SSSR count). The smallest absolute Gasteiger partial charge is 0.289 e. The third-order valence-corrected chi connectivity index (χ3v) is 5.12. The van der Waals surface area contributed by atoms with Gasteiger partial charge in [0, 0.05) is 18.7 Å². The van der Waals surface area contributed by atoms with E-state index in [-0.39, 0.29) is 5.69 Å². The van der Waals surface area contributed by atoms with Crippen molar-refractivity contribution in [3.05, 3.63) is 58.7 Å². The maximum absolute atomic E-state index is 13.4. The van der Waals surface area contributed by atoms with Gasteiger partial charge in [-0.3, -0.25) is 24.7 Å². The third kappa shape index (κ3) is 4.46. The number of hydrazine groups is 1. The van der Waals surface area contributed by atoms with Crippen LogP contribution in [0.2, 0.25) is 0 Å². The Labute approximate surface area is 177 Å². The van der Waals surface area contributed by atoms with Gasteiger partial charge in [0.05, 0.1) is 17.2 Å². The highest BCUT2D eigenvalue weighted by atomic mass is 19.4. The second kappa shape index (κ2) is 8.14. The number of hydrogen-bond donors (Lipinski definition) is 2. The quantitative estimate of drug-likeness (QED) is 0.557. The molecular weight excluding hydrogens is 411 g/mol. The zero-order chi connectivity index (χ0) is 23.1. The van der Waals surface area contributed by atoms with Crippen molar-refractivity contribution in [3.8, 4) is 0 Å². The van der Waals surface area contributed by atoms with Gasteiger partial charge in [-0.2, -0.15) is 13.2 Å². The first-order valence-electron chi connectivity index (χ1n) is 9.60. The van der Waals surface area contributed by atoms with E-state index in [2.05, 4.69) is 10.9 Å². The number of benzene rings is 2. The first kappa shape index (κ1) is 22.5. The topological polar surface area (TPSA) is 78.5 Å². The highest BCUT2D eigenvalue weighted by Gasteiger charge is 2.43. The van der Waals surface area contributed by atoms with E-state index in [1.165, 1.54) is 11.0 Å². The Morgan fingerprint density at radius 2 is 1.68 bits per heavy atom. The molecular formula is C22H22F3N3O3. The maximum Gasteiger partial charge on any atom is 0.416 e. The molecule has 2 amide bonds. The number of hydrogen-bond acceptors (Lipinski definition) is 4. The molecule has 6 nitrogen and oxygen atoms in total. The van der Waals surface area contributed by atoms with Gasteiger partial charge in [0.15, 0.2) is 0 Å². The van der Waals surface area contributed by atoms with E-state index in [1.54, 1.807) is 19.1 Å². The number of halogens is 3. The molecule has 0 spiro atoms. The summed E-state index contributed by atoms with van der Waals surface area (Å²) in [6, 6.07) is 7.85. The molecule has 0 radical (unpaired) electrons. The average Bonchev–Trinajstić information content (AvgIpc) is 2.95. The van der Waals surface area contributed by atoms with Crippen molar-refractivity contribution in [1.29, 1.82) is 0 Å². The average molecular weight is 433 g/mol. The highest BCUT2D eigenvalue weighted by Crippen LogP contribution is 2.46. The lowest BCUT2D eigenvalue weighted by Gasteiger charge is -2.22. The van der Waals surface area contributed by atoms with Gasteiger partial charge >= 0.3 is 12.1 Å². The van der Waals surface area contributed by atoms with E-state index in [9.17, 15) is 27.6 Å². The zero-order valence-corrected chi connectivity index (χ0v) is 17.4. The number of Topliss-reactive ketones (excluding diaryl/α,β-unsaturated/α-hetero) is 1. The third-order valence-electron chi connectivity index (χ3n) is 5.12. The maximum atomic E-state index is 13.4. The summed E-state index contributed by atoms with van der Waals surface area (Å²) in [4.78, 5) is 37.4. The normalized spacial score (nSPS) is 16.8. The SMILES string of the molecule is CC(=O)C(=O)NNC(C)C1C(=O)N(c2cc(C)cc(C)c2)c2cc(C(F)(F)F)ccc21. The minimum absolute atomic E-state index is 0.140. The number of carbonyl (C=O) groups is 3. The van der Waals surface area contributed by atoms with Gasteiger partial charge in [0.25, 0.3) is 0 Å². The van der Waals surface area contributed by atoms with Crippen LogP contribution in [0.15, 0.2) is 36.4 Å². The number of aryl methyl sites for hydroxylation is 2. The van der Waals surface area contributed by atoms with Crippen molar-refractivity contribution >= 4 is 29.0 Å². The molecule has 1 aliphatic heterocycles. The molecule has 0 aromatic heterocycles. The van der Waals surface area contributed by atoms with Crippen LogP contribution in [-0.4, -0.2) is 23.6 Å². The van der Waals surface area contributed by atoms with Gasteiger partial charge in [-0.05, 0) is 61.7 Å². The van der Waals surface area contributed by atoms with Crippen molar-refractivity contribution in [2.24, 2.45) is 0 Å². The zero-order valence-electron chi connectivity index (χ0n) is 17.4. The molecule has 0 saturated carbocycles. The number of anilines is 2. The predicted molar refractivity (Wildman–Crippen MR) is 109 cm³/mol. The summed E-state index contributed by atoms with van der Waals surface area (Å²) in [6.45, 7) is 6.37. The predicted octanol–water partition coefficient (Wildman–Crippen LogP) is 3.68. The standard InChI is InChI=1S/C22H22F3N3O3/c1-11-7-12(2)9-16(8-11)28-18-10-15(22(23,24)25)5-6-17(18)19(21(28)31)13(3)26-27-20(30)14(4)29/h5-10,13,19,26H,1-4H3,(H,27,30). The van der Waals surface area contributed by atoms with Crippen LogP contribution in [0.1, 0.15) is 42.0 Å². The summed E-state index contributed by atoms with van der Waals surface area (Å²) >= 11 is 0. The van der Waals surface area contributed by atoms with Gasteiger partial charge in [0.2, 0.25) is 11.7 Å². The summed E-state index contributed by atoms with van der Waals surface area (Å²) in [6.07, 6.45) is -4.57. The number of amides is 2. The lowest BCUT2D eigenvalue weighted by molar-refractivity contribution is -0.137. The largest absolute Gasteiger partial charge is 0.416 e. The molecule has 1 heterocycles. The van der Waals surface area contributed by atoms with Crippen LogP contribution < -0.4 is 15.8 Å². The first-order chi connectivity index (χ1) is 14.4. The van der Waals surface area contributed by atoms with Crippen LogP contribution in [0, 0.1) is 13.8 Å². The van der Waals surface area contributed by atoms with Crippen LogP contribution in [-0.2, 0) is 20.6 Å². The lowest BCUT2D eigenvalue weighted by atomic mass is 9.93. The number of ketones is 1. The van der Waals surface area contributed by atoms with Crippen molar-refractivity contribution in [3.63, 3.8) is 0 Å². The Kier molecular flexibility index (Phi) is 5.91. The van der Waals surface area contributed by atoms with Crippen LogP contribution in [0.4, 0.5) is 24.5 Å². The Bertz CT molecular complexity index is 1050. The fourth-order valence-electron chi connectivity index (χ4n) is 3.75. The molecule has 31 heavy (non-hydrogen) atoms. The Hall–Kier alpha value is -3.20. The Morgan fingerprint density at radius 3 is 2.23 bits per heavy atom. The molecule has 2 unspecified atom stereocenters. The van der Waals surface area contributed by atoms with Crippen LogP contribution in [0.3, 0.4) is 0 Å². The van der Waals surface area contributed by atoms with E-state index < -0.39 is 41.3 Å². The van der Waals surface area contributed by atoms with Crippen LogP contribution in [0.25, 0.3) is 0 Å². The number of fused-ring (bicyclic) bond motifs is 1. The minimum atomic E-state index is -4.57. The van der Waals surface area contributed by atoms with E-state index in [4.69, 9.17) is 0 Å². The van der Waals surface area contributed by atoms with Gasteiger partial charge in [-0.25, -0.2) is 5.43 Å². The van der Waals surface area contributed by atoms with Gasteiger partial charge in [0.1, 0.15) is 0 Å². The van der Waals surface area contributed by atoms with Gasteiger partial charge in [-0.1, -0.05) is 12.1 Å². The number of carbonyl (C=O) groups excluding carboxylic acids is 3. The monoisotopic (exact) mass is 433 g/mol. The molecule has 0 bridgehead atoms. The molecule has 2 aromatic carbocycles. The molecule has 9 heteroatoms. The van der Waals surface area contributed by atoms with Gasteiger partial charge in [-0.15, -0.1) is 0 Å². The molecule has 2 atom stereocenters. The molecule has 0 saturated heterocycles. The minimum Gasteiger partial charge on any atom is -0.289 e. The van der Waals surface area contributed by atoms with Crippen LogP contribution >= 0.6 is 0 Å². The van der Waals surface area contributed by atoms with E-state index in [0.29, 0.717) is 11.3 Å². The molecule has 2 aromatic rings. The van der Waals surface area contributed by atoms with E-state index in [1.807, 2.05) is 19.9 Å². The number of nitrogens with zero attached hydrogens (tertiary/aromatic N) is 1. The van der Waals surface area contributed by atoms with E-state index in [0.717, 1.165) is 30.2 Å². The molecule has 1 aliphatic rings. The van der Waals surface area contributed by atoms with Crippen molar-refractivity contribution < 1.29 is 27.6 Å². The highest BCUT2D eigenvalue weighted by molar-refractivity contribution is 6.35. The summed E-state index contributed by atoms with van der Waals surface area (Å²) < 4.78 is 40.1. The second-order valence-electron chi connectivity index (χ2n) is 7.71.